The Morgan fingerprint density at radius 2 is 2.40 bits per heavy atom. The van der Waals surface area contributed by atoms with E-state index in [0.717, 1.165) is 12.2 Å². The molecule has 2 heteroatoms. The molecule has 0 aromatic carbocycles. The van der Waals surface area contributed by atoms with Crippen molar-refractivity contribution in [3.8, 4) is 0 Å². The third-order valence-corrected chi connectivity index (χ3v) is 0.862. The molecule has 0 saturated carbocycles. The molecule has 0 aliphatic rings. The molecule has 1 radical (unpaired) electrons. The fourth-order valence-electron chi connectivity index (χ4n) is 0.0833. The van der Waals surface area contributed by atoms with Crippen molar-refractivity contribution in [1.82, 2.24) is 0 Å². The quantitative estimate of drug-likeness (QED) is 0.471. The molecule has 0 amide bonds. The Bertz CT molecular complexity index is 14.4. The van der Waals surface area contributed by atoms with Crippen LogP contribution in [0.2, 0.25) is 0 Å². The lowest BCUT2D eigenvalue weighted by atomic mass is 10.6. The van der Waals surface area contributed by atoms with Gasteiger partial charge in [-0.1, -0.05) is 6.92 Å². The third kappa shape index (κ3) is 4.31. The molecule has 0 aliphatic heterocycles. The molecule has 1 nitrogen and oxygen atoms in total. The van der Waals surface area contributed by atoms with Gasteiger partial charge in [-0.3, -0.25) is 0 Å². The van der Waals surface area contributed by atoms with E-state index in [4.69, 9.17) is 0 Å². The minimum atomic E-state index is 0.652. The van der Waals surface area contributed by atoms with Gasteiger partial charge in [0, 0.05) is 17.8 Å². The van der Waals surface area contributed by atoms with Gasteiger partial charge < -0.3 is 0 Å². The van der Waals surface area contributed by atoms with Crippen molar-refractivity contribution in [3.63, 3.8) is 0 Å². The number of hydrogen-bond acceptors (Lipinski definition) is 1. The normalized spacial score (nSPS) is 8.40. The lowest BCUT2D eigenvalue weighted by Crippen LogP contribution is -1.64. The first-order chi connectivity index (χ1) is 2.41. The van der Waals surface area contributed by atoms with Gasteiger partial charge >= 0.3 is 0 Å². The summed E-state index contributed by atoms with van der Waals surface area (Å²) in [6.07, 6.45) is 0.994. The van der Waals surface area contributed by atoms with Crippen LogP contribution in [0.4, 0.5) is 0 Å². The van der Waals surface area contributed by atoms with Crippen molar-refractivity contribution >= 4 is 12.0 Å². The lowest BCUT2D eigenvalue weighted by molar-refractivity contribution is 0.531. The molecule has 0 saturated heterocycles. The zero-order valence-electron chi connectivity index (χ0n) is 3.23. The van der Waals surface area contributed by atoms with Crippen molar-refractivity contribution in [1.29, 1.82) is 0 Å². The van der Waals surface area contributed by atoms with Crippen LogP contribution < -0.4 is 0 Å². The van der Waals surface area contributed by atoms with Crippen molar-refractivity contribution in [2.24, 2.45) is 0 Å². The van der Waals surface area contributed by atoms with Crippen LogP contribution in [0.5, 0.6) is 0 Å². The highest BCUT2D eigenvalue weighted by atomic mass is 32.2. The summed E-state index contributed by atoms with van der Waals surface area (Å²) in [6.45, 7) is 1.99. The van der Waals surface area contributed by atoms with Crippen LogP contribution in [-0.2, 0) is 4.55 Å². The summed E-state index contributed by atoms with van der Waals surface area (Å²) in [5.41, 5.74) is 0. The van der Waals surface area contributed by atoms with Crippen molar-refractivity contribution < 1.29 is 4.55 Å². The lowest BCUT2D eigenvalue weighted by Gasteiger charge is -1.75. The van der Waals surface area contributed by atoms with Gasteiger partial charge in [0.1, 0.15) is 0 Å². The fourth-order valence-corrected chi connectivity index (χ4v) is 0.250. The molecule has 5 heavy (non-hydrogen) atoms. The summed E-state index contributed by atoms with van der Waals surface area (Å²) in [5, 5.41) is 0. The topological polar surface area (TPSA) is 19.9 Å². The highest BCUT2D eigenvalue weighted by Gasteiger charge is 1.72. The van der Waals surface area contributed by atoms with Crippen LogP contribution in [0.25, 0.3) is 0 Å². The monoisotopic (exact) mass is 91.0 g/mol. The van der Waals surface area contributed by atoms with Gasteiger partial charge in [-0.25, -0.2) is 0 Å². The second-order valence-electron chi connectivity index (χ2n) is 0.822. The second kappa shape index (κ2) is 4.31. The summed E-state index contributed by atoms with van der Waals surface area (Å²) in [4.78, 5) is 0. The zero-order chi connectivity index (χ0) is 4.12. The van der Waals surface area contributed by atoms with Crippen molar-refractivity contribution in [2.75, 3.05) is 5.75 Å². The Hall–Kier alpha value is 0.310. The summed E-state index contributed by atoms with van der Waals surface area (Å²) in [6, 6.07) is 0. The predicted octanol–water partition coefficient (Wildman–Crippen LogP) is 1.48. The van der Waals surface area contributed by atoms with Crippen molar-refractivity contribution in [3.05, 3.63) is 0 Å². The molecule has 0 atom stereocenters. The highest BCUT2D eigenvalue weighted by Crippen LogP contribution is 1.92. The van der Waals surface area contributed by atoms with E-state index in [1.807, 2.05) is 6.92 Å². The molecule has 0 aromatic heterocycles. The molecular formula is C3H7OS. The Morgan fingerprint density at radius 3 is 2.40 bits per heavy atom. The van der Waals surface area contributed by atoms with Gasteiger partial charge in [0.2, 0.25) is 0 Å². The Balaban J connectivity index is 2.19. The van der Waals surface area contributed by atoms with Crippen LogP contribution in [-0.4, -0.2) is 5.75 Å². The van der Waals surface area contributed by atoms with E-state index in [1.165, 1.54) is 0 Å². The van der Waals surface area contributed by atoms with Crippen LogP contribution in [0.1, 0.15) is 13.3 Å². The van der Waals surface area contributed by atoms with E-state index in [2.05, 4.69) is 0 Å². The summed E-state index contributed by atoms with van der Waals surface area (Å²) >= 11 is 0.652. The van der Waals surface area contributed by atoms with Crippen LogP contribution in [0.15, 0.2) is 0 Å². The molecule has 0 heterocycles. The summed E-state index contributed by atoms with van der Waals surface area (Å²) in [5.74, 6) is 0.750. The van der Waals surface area contributed by atoms with E-state index in [9.17, 15) is 4.55 Å². The number of rotatable bonds is 2. The van der Waals surface area contributed by atoms with E-state index in [0.29, 0.717) is 12.0 Å². The van der Waals surface area contributed by atoms with E-state index in [-0.39, 0.29) is 0 Å². The average Bonchev–Trinajstić information content (AvgIpc) is 1.41. The second-order valence-corrected chi connectivity index (χ2v) is 1.47. The molecule has 0 aromatic rings. The minimum Gasteiger partial charge on any atom is -0.151 e. The van der Waals surface area contributed by atoms with E-state index in [1.54, 1.807) is 0 Å². The highest BCUT2D eigenvalue weighted by molar-refractivity contribution is 7.93. The largest absolute Gasteiger partial charge is 0.151 e. The first-order valence-electron chi connectivity index (χ1n) is 1.66. The van der Waals surface area contributed by atoms with Gasteiger partial charge in [-0.15, -0.1) is 0 Å². The Morgan fingerprint density at radius 1 is 1.80 bits per heavy atom. The van der Waals surface area contributed by atoms with Crippen LogP contribution >= 0.6 is 12.0 Å². The van der Waals surface area contributed by atoms with Crippen molar-refractivity contribution in [2.45, 2.75) is 13.3 Å². The van der Waals surface area contributed by atoms with E-state index < -0.39 is 0 Å². The van der Waals surface area contributed by atoms with Gasteiger partial charge in [-0.05, 0) is 6.42 Å². The zero-order valence-corrected chi connectivity index (χ0v) is 4.05. The summed E-state index contributed by atoms with van der Waals surface area (Å²) < 4.78 is 9.45. The first kappa shape index (κ1) is 5.31. The fraction of sp³-hybridized carbons (Fsp3) is 1.00. The standard InChI is InChI=1S/C3H7OS/c1-2-3-5-4/h2-3H2,1H3. The number of hydrogen-bond donors (Lipinski definition) is 0. The van der Waals surface area contributed by atoms with Gasteiger partial charge in [0.05, 0.1) is 0 Å². The van der Waals surface area contributed by atoms with Crippen LogP contribution in [0.3, 0.4) is 0 Å². The SMILES string of the molecule is CCCS[O]. The molecule has 0 unspecified atom stereocenters. The Kier molecular flexibility index (Phi) is 4.58. The summed E-state index contributed by atoms with van der Waals surface area (Å²) in [7, 11) is 0. The minimum absolute atomic E-state index is 0.652. The first-order valence-corrected chi connectivity index (χ1v) is 2.57. The molecule has 0 bridgehead atoms. The molecule has 0 rings (SSSR count). The Labute approximate surface area is 36.6 Å². The molecule has 0 N–H and O–H groups in total. The third-order valence-electron chi connectivity index (χ3n) is 0.287. The van der Waals surface area contributed by atoms with Gasteiger partial charge in [0.15, 0.2) is 0 Å². The smallest absolute Gasteiger partial charge is 0.0326 e. The molecular weight excluding hydrogens is 84.1 g/mol. The molecule has 0 spiro atoms. The maximum atomic E-state index is 9.45. The molecule has 31 valence electrons. The average molecular weight is 91.2 g/mol. The van der Waals surface area contributed by atoms with E-state index >= 15 is 0 Å². The van der Waals surface area contributed by atoms with Gasteiger partial charge in [-0.2, -0.15) is 4.55 Å². The van der Waals surface area contributed by atoms with Gasteiger partial charge in [0.25, 0.3) is 0 Å². The molecule has 0 fully saturated rings. The molecule has 0 aliphatic carbocycles. The maximum absolute atomic E-state index is 9.45. The van der Waals surface area contributed by atoms with Crippen LogP contribution in [0, 0.1) is 0 Å². The maximum Gasteiger partial charge on any atom is 0.0326 e. The predicted molar refractivity (Wildman–Crippen MR) is 23.4 cm³/mol.